The Labute approximate surface area is 89.4 Å². The maximum atomic E-state index is 12.0. The first-order valence-corrected chi connectivity index (χ1v) is 4.94. The highest BCUT2D eigenvalue weighted by molar-refractivity contribution is 6.08. The largest absolute Gasteiger partial charge is 0.289 e. The molecule has 0 saturated heterocycles. The van der Waals surface area contributed by atoms with Gasteiger partial charge in [-0.2, -0.15) is 0 Å². The highest BCUT2D eigenvalue weighted by Gasteiger charge is 2.06. The number of ketones is 1. The second-order valence-corrected chi connectivity index (χ2v) is 3.56. The quantitative estimate of drug-likeness (QED) is 0.672. The van der Waals surface area contributed by atoms with Crippen molar-refractivity contribution in [3.05, 3.63) is 71.3 Å². The van der Waals surface area contributed by atoms with Crippen molar-refractivity contribution in [2.24, 2.45) is 0 Å². The van der Waals surface area contributed by atoms with Gasteiger partial charge < -0.3 is 0 Å². The summed E-state index contributed by atoms with van der Waals surface area (Å²) in [6.07, 6.45) is 0. The molecule has 1 heteroatoms. The van der Waals surface area contributed by atoms with Crippen LogP contribution in [-0.4, -0.2) is 5.78 Å². The van der Waals surface area contributed by atoms with E-state index in [1.54, 1.807) is 0 Å². The van der Waals surface area contributed by atoms with Gasteiger partial charge in [0.15, 0.2) is 5.78 Å². The van der Waals surface area contributed by atoms with Gasteiger partial charge in [0.2, 0.25) is 0 Å². The van der Waals surface area contributed by atoms with E-state index in [-0.39, 0.29) is 5.78 Å². The summed E-state index contributed by atoms with van der Waals surface area (Å²) in [7, 11) is 0. The number of hydrogen-bond donors (Lipinski definition) is 0. The molecule has 2 rings (SSSR count). The van der Waals surface area contributed by atoms with Crippen LogP contribution >= 0.6 is 0 Å². The second-order valence-electron chi connectivity index (χ2n) is 3.56. The average Bonchev–Trinajstić information content (AvgIpc) is 2.30. The SMILES string of the molecule is Cc1ccc([11C](=O)c2ccccc2)cc1. The normalized spacial score (nSPS) is 9.93. The molecule has 0 heterocycles. The fourth-order valence-corrected chi connectivity index (χ4v) is 1.46. The van der Waals surface area contributed by atoms with Crippen LogP contribution in [-0.2, 0) is 0 Å². The molecule has 0 aliphatic carbocycles. The number of benzene rings is 2. The summed E-state index contributed by atoms with van der Waals surface area (Å²) in [4.78, 5) is 12.0. The minimum Gasteiger partial charge on any atom is -0.289 e. The van der Waals surface area contributed by atoms with E-state index in [0.717, 1.165) is 11.1 Å². The number of aryl methyl sites for hydroxylation is 1. The molecule has 0 saturated carbocycles. The standard InChI is InChI=1S/C14H12O/c1-11-7-9-13(10-8-11)14(15)12-5-3-2-4-6-12/h2-10H,1H3/i14-1. The molecule has 0 N–H and O–H groups in total. The highest BCUT2D eigenvalue weighted by atomic mass is 16.1. The summed E-state index contributed by atoms with van der Waals surface area (Å²) in [5.41, 5.74) is 2.65. The summed E-state index contributed by atoms with van der Waals surface area (Å²) < 4.78 is 0. The van der Waals surface area contributed by atoms with Gasteiger partial charge in [-0.05, 0) is 6.92 Å². The van der Waals surface area contributed by atoms with E-state index in [1.165, 1.54) is 5.56 Å². The number of hydrogen-bond acceptors (Lipinski definition) is 1. The van der Waals surface area contributed by atoms with Gasteiger partial charge in [-0.15, -0.1) is 0 Å². The summed E-state index contributed by atoms with van der Waals surface area (Å²) in [5, 5.41) is 0. The highest BCUT2D eigenvalue weighted by Crippen LogP contribution is 2.10. The molecule has 0 aromatic heterocycles. The molecule has 0 aliphatic heterocycles. The number of rotatable bonds is 2. The van der Waals surface area contributed by atoms with Crippen molar-refractivity contribution in [1.82, 2.24) is 0 Å². The molecule has 2 aromatic rings. The minimum atomic E-state index is 0.0793. The van der Waals surface area contributed by atoms with Crippen LogP contribution in [0.4, 0.5) is 0 Å². The molecule has 0 atom stereocenters. The van der Waals surface area contributed by atoms with E-state index < -0.39 is 0 Å². The van der Waals surface area contributed by atoms with Crippen molar-refractivity contribution in [3.8, 4) is 0 Å². The first kappa shape index (κ1) is 9.66. The lowest BCUT2D eigenvalue weighted by molar-refractivity contribution is 0.103. The Hall–Kier alpha value is -1.89. The average molecular weight is 195 g/mol. The lowest BCUT2D eigenvalue weighted by Crippen LogP contribution is -2.00. The van der Waals surface area contributed by atoms with Gasteiger partial charge in [-0.3, -0.25) is 4.79 Å². The van der Waals surface area contributed by atoms with Gasteiger partial charge >= 0.3 is 0 Å². The molecule has 0 spiro atoms. The van der Waals surface area contributed by atoms with Crippen LogP contribution in [0, 0.1) is 6.92 Å². The van der Waals surface area contributed by atoms with Gasteiger partial charge in [-0.25, -0.2) is 0 Å². The summed E-state index contributed by atoms with van der Waals surface area (Å²) >= 11 is 0. The number of carbonyl (C=O) groups excluding carboxylic acids is 1. The maximum absolute atomic E-state index is 12.0. The molecular formula is C14H12O. The molecule has 74 valence electrons. The molecule has 0 unspecified atom stereocenters. The van der Waals surface area contributed by atoms with E-state index in [2.05, 4.69) is 0 Å². The Morgan fingerprint density at radius 2 is 1.33 bits per heavy atom. The van der Waals surface area contributed by atoms with Crippen molar-refractivity contribution in [1.29, 1.82) is 0 Å². The van der Waals surface area contributed by atoms with E-state index in [9.17, 15) is 4.79 Å². The maximum Gasteiger partial charge on any atom is 0.193 e. The topological polar surface area (TPSA) is 17.1 Å². The monoisotopic (exact) mass is 195 g/mol. The van der Waals surface area contributed by atoms with Crippen LogP contribution < -0.4 is 0 Å². The zero-order chi connectivity index (χ0) is 10.7. The van der Waals surface area contributed by atoms with Crippen molar-refractivity contribution in [2.75, 3.05) is 0 Å². The summed E-state index contributed by atoms with van der Waals surface area (Å²) in [6, 6.07) is 17.0. The van der Waals surface area contributed by atoms with Crippen LogP contribution in [0.3, 0.4) is 0 Å². The van der Waals surface area contributed by atoms with Crippen molar-refractivity contribution in [2.45, 2.75) is 6.92 Å². The Bertz CT molecular complexity index is 454. The third-order valence-corrected chi connectivity index (χ3v) is 2.35. The molecule has 15 heavy (non-hydrogen) atoms. The lowest BCUT2D eigenvalue weighted by Gasteiger charge is -2.00. The fourth-order valence-electron chi connectivity index (χ4n) is 1.46. The Balaban J connectivity index is 2.33. The van der Waals surface area contributed by atoms with E-state index in [1.807, 2.05) is 61.5 Å². The van der Waals surface area contributed by atoms with Gasteiger partial charge in [0.1, 0.15) is 0 Å². The second kappa shape index (κ2) is 4.09. The van der Waals surface area contributed by atoms with E-state index in [0.29, 0.717) is 0 Å². The van der Waals surface area contributed by atoms with Gasteiger partial charge in [0, 0.05) is 11.1 Å². The van der Waals surface area contributed by atoms with Crippen molar-refractivity contribution in [3.63, 3.8) is 0 Å². The van der Waals surface area contributed by atoms with Gasteiger partial charge in [0.25, 0.3) is 0 Å². The van der Waals surface area contributed by atoms with E-state index >= 15 is 0 Å². The molecule has 0 bridgehead atoms. The first-order chi connectivity index (χ1) is 7.27. The first-order valence-electron chi connectivity index (χ1n) is 4.94. The molecule has 1 nitrogen and oxygen atoms in total. The Kier molecular flexibility index (Phi) is 2.64. The van der Waals surface area contributed by atoms with Gasteiger partial charge in [0.05, 0.1) is 0 Å². The molecule has 0 radical (unpaired) electrons. The smallest absolute Gasteiger partial charge is 0.193 e. The molecule has 2 aromatic carbocycles. The zero-order valence-corrected chi connectivity index (χ0v) is 8.60. The molecule has 0 fully saturated rings. The summed E-state index contributed by atoms with van der Waals surface area (Å²) in [5.74, 6) is 0.0793. The predicted molar refractivity (Wildman–Crippen MR) is 61.1 cm³/mol. The Morgan fingerprint density at radius 3 is 1.93 bits per heavy atom. The lowest BCUT2D eigenvalue weighted by atomic mass is 9.70. The van der Waals surface area contributed by atoms with Crippen LogP contribution in [0.1, 0.15) is 21.5 Å². The predicted octanol–water partition coefficient (Wildman–Crippen LogP) is 3.23. The van der Waals surface area contributed by atoms with Gasteiger partial charge in [-0.1, -0.05) is 60.2 Å². The summed E-state index contributed by atoms with van der Waals surface area (Å²) in [6.45, 7) is 2.01. The van der Waals surface area contributed by atoms with Crippen LogP contribution in [0.5, 0.6) is 0 Å². The van der Waals surface area contributed by atoms with Crippen molar-refractivity contribution < 1.29 is 4.79 Å². The number of carbonyl (C=O) groups is 1. The van der Waals surface area contributed by atoms with Crippen LogP contribution in [0.25, 0.3) is 0 Å². The molecular weight excluding hydrogens is 183 g/mol. The Morgan fingerprint density at radius 1 is 0.800 bits per heavy atom. The third kappa shape index (κ3) is 2.13. The van der Waals surface area contributed by atoms with E-state index in [4.69, 9.17) is 0 Å². The van der Waals surface area contributed by atoms with Crippen molar-refractivity contribution >= 4 is 5.78 Å². The third-order valence-electron chi connectivity index (χ3n) is 2.35. The van der Waals surface area contributed by atoms with Crippen LogP contribution in [0.2, 0.25) is 0 Å². The minimum absolute atomic E-state index is 0.0793. The molecule has 0 amide bonds. The van der Waals surface area contributed by atoms with Crippen LogP contribution in [0.15, 0.2) is 54.6 Å². The molecule has 0 aliphatic rings. The fraction of sp³-hybridized carbons (Fsp3) is 0.0714. The zero-order valence-electron chi connectivity index (χ0n) is 8.60.